The van der Waals surface area contributed by atoms with E-state index in [0.717, 1.165) is 30.0 Å². The van der Waals surface area contributed by atoms with Crippen LogP contribution in [0, 0.1) is 0 Å². The molecule has 0 aliphatic heterocycles. The number of carbonyl (C=O) groups is 1. The highest BCUT2D eigenvalue weighted by molar-refractivity contribution is 7.98. The molecule has 1 aliphatic carbocycles. The number of Topliss-reactive ketones (excluding diaryl/α,β-unsaturated/α-hetero) is 1. The lowest BCUT2D eigenvalue weighted by Crippen LogP contribution is -2.13. The van der Waals surface area contributed by atoms with Gasteiger partial charge >= 0.3 is 0 Å². The average molecular weight is 318 g/mol. The van der Waals surface area contributed by atoms with E-state index in [2.05, 4.69) is 10.2 Å². The highest BCUT2D eigenvalue weighted by atomic mass is 32.2. The lowest BCUT2D eigenvalue weighted by atomic mass is 10.1. The molecule has 22 heavy (non-hydrogen) atoms. The van der Waals surface area contributed by atoms with E-state index in [1.54, 1.807) is 24.8 Å². The number of ketones is 1. The Balaban J connectivity index is 1.78. The molecule has 0 unspecified atom stereocenters. The lowest BCUT2D eigenvalue weighted by Gasteiger charge is -2.09. The fourth-order valence-corrected chi connectivity index (χ4v) is 3.10. The van der Waals surface area contributed by atoms with E-state index in [-0.39, 0.29) is 5.78 Å². The Morgan fingerprint density at radius 1 is 1.45 bits per heavy atom. The molecule has 0 radical (unpaired) electrons. The van der Waals surface area contributed by atoms with E-state index >= 15 is 0 Å². The van der Waals surface area contributed by atoms with Crippen molar-refractivity contribution in [1.82, 2.24) is 14.9 Å². The van der Waals surface area contributed by atoms with Gasteiger partial charge in [0.05, 0.1) is 7.11 Å². The van der Waals surface area contributed by atoms with Gasteiger partial charge in [-0.1, -0.05) is 11.8 Å². The number of thioether (sulfide) groups is 1. The molecular formula is C15H18N4O2S. The fourth-order valence-electron chi connectivity index (χ4n) is 2.26. The minimum atomic E-state index is 0.0342. The van der Waals surface area contributed by atoms with Crippen LogP contribution in [0.3, 0.4) is 0 Å². The number of nitrogens with zero attached hydrogens (tertiary/aromatic N) is 3. The van der Waals surface area contributed by atoms with Gasteiger partial charge in [-0.25, -0.2) is 4.68 Å². The maximum absolute atomic E-state index is 11.5. The number of ether oxygens (including phenoxy) is 1. The molecule has 0 amide bonds. The molecule has 1 fully saturated rings. The van der Waals surface area contributed by atoms with Crippen molar-refractivity contribution in [2.45, 2.75) is 36.6 Å². The second-order valence-electron chi connectivity index (χ2n) is 5.36. The smallest absolute Gasteiger partial charge is 0.210 e. The Kier molecular flexibility index (Phi) is 4.06. The summed E-state index contributed by atoms with van der Waals surface area (Å²) in [6.45, 7) is 1.55. The van der Waals surface area contributed by atoms with Crippen LogP contribution in [0.4, 0.5) is 0 Å². The molecule has 1 aromatic carbocycles. The van der Waals surface area contributed by atoms with Crippen molar-refractivity contribution < 1.29 is 9.53 Å². The van der Waals surface area contributed by atoms with E-state index in [1.807, 2.05) is 12.1 Å². The number of hydrogen-bond donors (Lipinski definition) is 1. The van der Waals surface area contributed by atoms with Crippen LogP contribution < -0.4 is 10.6 Å². The fraction of sp³-hybridized carbons (Fsp3) is 0.400. The first-order valence-corrected chi connectivity index (χ1v) is 8.09. The van der Waals surface area contributed by atoms with Crippen molar-refractivity contribution in [1.29, 1.82) is 0 Å². The maximum atomic E-state index is 11.5. The lowest BCUT2D eigenvalue weighted by molar-refractivity contribution is 0.101. The number of rotatable bonds is 6. The molecule has 7 heteroatoms. The highest BCUT2D eigenvalue weighted by Crippen LogP contribution is 2.39. The molecule has 116 valence electrons. The van der Waals surface area contributed by atoms with Crippen molar-refractivity contribution in [2.75, 3.05) is 13.0 Å². The standard InChI is InChI=1S/C15H18N4O2S/c1-9(20)11-5-6-13(21-2)12(7-11)8-22-15-18-17-14(19(15)16)10-3-4-10/h5-7,10H,3-4,8,16H2,1-2H3. The molecule has 0 spiro atoms. The van der Waals surface area contributed by atoms with Crippen LogP contribution in [-0.4, -0.2) is 27.8 Å². The van der Waals surface area contributed by atoms with Crippen LogP contribution >= 0.6 is 11.8 Å². The molecule has 1 heterocycles. The van der Waals surface area contributed by atoms with E-state index in [1.165, 1.54) is 11.8 Å². The first-order valence-electron chi connectivity index (χ1n) is 7.11. The quantitative estimate of drug-likeness (QED) is 0.500. The third kappa shape index (κ3) is 2.94. The number of methoxy groups -OCH3 is 1. The number of carbonyl (C=O) groups excluding carboxylic acids is 1. The molecule has 0 bridgehead atoms. The van der Waals surface area contributed by atoms with Crippen molar-refractivity contribution in [3.63, 3.8) is 0 Å². The van der Waals surface area contributed by atoms with E-state index in [4.69, 9.17) is 10.6 Å². The molecular weight excluding hydrogens is 300 g/mol. The van der Waals surface area contributed by atoms with Crippen molar-refractivity contribution in [3.05, 3.63) is 35.2 Å². The van der Waals surface area contributed by atoms with Gasteiger partial charge in [0.2, 0.25) is 5.16 Å². The van der Waals surface area contributed by atoms with Crippen molar-refractivity contribution >= 4 is 17.5 Å². The molecule has 2 N–H and O–H groups in total. The summed E-state index contributed by atoms with van der Waals surface area (Å²) in [6, 6.07) is 5.44. The molecule has 1 saturated carbocycles. The summed E-state index contributed by atoms with van der Waals surface area (Å²) >= 11 is 1.49. The Hall–Kier alpha value is -2.02. The maximum Gasteiger partial charge on any atom is 0.210 e. The molecule has 1 aliphatic rings. The van der Waals surface area contributed by atoms with Crippen LogP contribution in [0.5, 0.6) is 5.75 Å². The van der Waals surface area contributed by atoms with Crippen molar-refractivity contribution in [3.8, 4) is 5.75 Å². The molecule has 1 aromatic heterocycles. The van der Waals surface area contributed by atoms with Gasteiger partial charge in [0, 0.05) is 22.8 Å². The van der Waals surface area contributed by atoms with E-state index in [9.17, 15) is 4.79 Å². The van der Waals surface area contributed by atoms with E-state index < -0.39 is 0 Å². The summed E-state index contributed by atoms with van der Waals surface area (Å²) in [7, 11) is 1.62. The van der Waals surface area contributed by atoms with Crippen LogP contribution in [-0.2, 0) is 5.75 Å². The number of aromatic nitrogens is 3. The van der Waals surface area contributed by atoms with Crippen LogP contribution in [0.25, 0.3) is 0 Å². The number of hydrogen-bond acceptors (Lipinski definition) is 6. The van der Waals surface area contributed by atoms with Crippen LogP contribution in [0.1, 0.15) is 47.4 Å². The van der Waals surface area contributed by atoms with Gasteiger partial charge in [0.1, 0.15) is 5.75 Å². The van der Waals surface area contributed by atoms with Gasteiger partial charge in [0.15, 0.2) is 11.6 Å². The molecule has 0 saturated heterocycles. The summed E-state index contributed by atoms with van der Waals surface area (Å²) in [5.41, 5.74) is 1.61. The Morgan fingerprint density at radius 3 is 2.86 bits per heavy atom. The van der Waals surface area contributed by atoms with Gasteiger partial charge in [0.25, 0.3) is 0 Å². The van der Waals surface area contributed by atoms with Gasteiger partial charge in [-0.15, -0.1) is 10.2 Å². The summed E-state index contributed by atoms with van der Waals surface area (Å²) < 4.78 is 6.93. The first kappa shape index (κ1) is 14.9. The van der Waals surface area contributed by atoms with Crippen molar-refractivity contribution in [2.24, 2.45) is 0 Å². The number of nitrogen functional groups attached to an aromatic ring is 1. The second-order valence-corrected chi connectivity index (χ2v) is 6.30. The number of nitrogens with two attached hydrogens (primary N) is 1. The molecule has 0 atom stereocenters. The summed E-state index contributed by atoms with van der Waals surface area (Å²) in [5.74, 6) is 8.76. The summed E-state index contributed by atoms with van der Waals surface area (Å²) in [5, 5.41) is 8.99. The third-order valence-corrected chi connectivity index (χ3v) is 4.67. The van der Waals surface area contributed by atoms with Gasteiger partial charge in [-0.05, 0) is 38.0 Å². The SMILES string of the molecule is COc1ccc(C(C)=O)cc1CSc1nnc(C2CC2)n1N. The predicted molar refractivity (Wildman–Crippen MR) is 84.7 cm³/mol. The van der Waals surface area contributed by atoms with E-state index in [0.29, 0.717) is 22.4 Å². The Morgan fingerprint density at radius 2 is 2.23 bits per heavy atom. The Bertz CT molecular complexity index is 710. The molecule has 6 nitrogen and oxygen atoms in total. The largest absolute Gasteiger partial charge is 0.496 e. The van der Waals surface area contributed by atoms with Gasteiger partial charge < -0.3 is 10.6 Å². The summed E-state index contributed by atoms with van der Waals surface area (Å²) in [6.07, 6.45) is 2.27. The minimum absolute atomic E-state index is 0.0342. The van der Waals surface area contributed by atoms with Crippen LogP contribution in [0.2, 0.25) is 0 Å². The Labute approximate surface area is 133 Å². The monoisotopic (exact) mass is 318 g/mol. The molecule has 3 rings (SSSR count). The predicted octanol–water partition coefficient (Wildman–Crippen LogP) is 2.37. The van der Waals surface area contributed by atoms with Crippen LogP contribution in [0.15, 0.2) is 23.4 Å². The van der Waals surface area contributed by atoms with Gasteiger partial charge in [-0.2, -0.15) is 0 Å². The minimum Gasteiger partial charge on any atom is -0.496 e. The zero-order valence-corrected chi connectivity index (χ0v) is 13.4. The third-order valence-electron chi connectivity index (χ3n) is 3.68. The first-order chi connectivity index (χ1) is 10.6. The second kappa shape index (κ2) is 6.00. The summed E-state index contributed by atoms with van der Waals surface area (Å²) in [4.78, 5) is 11.5. The molecule has 2 aromatic rings. The zero-order valence-electron chi connectivity index (χ0n) is 12.6. The topological polar surface area (TPSA) is 83.0 Å². The highest BCUT2D eigenvalue weighted by Gasteiger charge is 2.29. The van der Waals surface area contributed by atoms with Gasteiger partial charge in [-0.3, -0.25) is 4.79 Å². The number of benzene rings is 1. The zero-order chi connectivity index (χ0) is 15.7. The normalized spacial score (nSPS) is 14.1. The average Bonchev–Trinajstić information content (AvgIpc) is 3.29.